The molecule has 3 nitrogen and oxygen atoms in total. The highest BCUT2D eigenvalue weighted by Crippen LogP contribution is 2.30. The van der Waals surface area contributed by atoms with E-state index in [2.05, 4.69) is 4.98 Å². The summed E-state index contributed by atoms with van der Waals surface area (Å²) < 4.78 is 37.3. The van der Waals surface area contributed by atoms with Crippen LogP contribution in [0.5, 0.6) is 0 Å². The maximum absolute atomic E-state index is 12.4. The van der Waals surface area contributed by atoms with Gasteiger partial charge in [0.2, 0.25) is 0 Å². The van der Waals surface area contributed by atoms with Crippen molar-refractivity contribution in [2.45, 2.75) is 17.0 Å². The molecule has 1 heterocycles. The van der Waals surface area contributed by atoms with E-state index in [1.165, 1.54) is 17.8 Å². The van der Waals surface area contributed by atoms with Gasteiger partial charge in [-0.3, -0.25) is 5.41 Å². The summed E-state index contributed by atoms with van der Waals surface area (Å²) in [5.74, 6) is 0.445. The van der Waals surface area contributed by atoms with Crippen molar-refractivity contribution in [1.82, 2.24) is 4.98 Å². The Morgan fingerprint density at radius 1 is 1.19 bits per heavy atom. The van der Waals surface area contributed by atoms with Gasteiger partial charge in [-0.25, -0.2) is 4.98 Å². The minimum Gasteiger partial charge on any atom is -0.384 e. The van der Waals surface area contributed by atoms with Crippen molar-refractivity contribution >= 4 is 17.6 Å². The monoisotopic (exact) mass is 311 g/mol. The zero-order chi connectivity index (χ0) is 15.5. The van der Waals surface area contributed by atoms with Crippen LogP contribution in [0.4, 0.5) is 13.2 Å². The largest absolute Gasteiger partial charge is 0.417 e. The zero-order valence-corrected chi connectivity index (χ0v) is 11.6. The summed E-state index contributed by atoms with van der Waals surface area (Å²) in [6.45, 7) is 0. The van der Waals surface area contributed by atoms with E-state index in [4.69, 9.17) is 11.1 Å². The van der Waals surface area contributed by atoms with E-state index in [0.717, 1.165) is 17.8 Å². The lowest BCUT2D eigenvalue weighted by Gasteiger charge is -2.08. The standard InChI is InChI=1S/C14H12F3N3S/c15-14(16,17)10-5-6-12(20-7-10)21-8-9-3-1-2-4-11(9)13(18)19/h1-7H,8H2,(H3,18,19). The first-order chi connectivity index (χ1) is 9.88. The number of aromatic nitrogens is 1. The summed E-state index contributed by atoms with van der Waals surface area (Å²) in [6, 6.07) is 9.51. The smallest absolute Gasteiger partial charge is 0.384 e. The van der Waals surface area contributed by atoms with Gasteiger partial charge in [0, 0.05) is 17.5 Å². The first kappa shape index (κ1) is 15.4. The molecule has 7 heteroatoms. The number of amidine groups is 1. The van der Waals surface area contributed by atoms with E-state index < -0.39 is 11.7 Å². The van der Waals surface area contributed by atoms with Gasteiger partial charge in [-0.2, -0.15) is 13.2 Å². The van der Waals surface area contributed by atoms with Crippen molar-refractivity contribution < 1.29 is 13.2 Å². The Kier molecular flexibility index (Phi) is 4.52. The maximum Gasteiger partial charge on any atom is 0.417 e. The fourth-order valence-electron chi connectivity index (χ4n) is 1.69. The number of rotatable bonds is 4. The van der Waals surface area contributed by atoms with Crippen LogP contribution in [0.15, 0.2) is 47.6 Å². The van der Waals surface area contributed by atoms with Crippen LogP contribution < -0.4 is 5.73 Å². The van der Waals surface area contributed by atoms with E-state index >= 15 is 0 Å². The average molecular weight is 311 g/mol. The highest BCUT2D eigenvalue weighted by molar-refractivity contribution is 7.98. The van der Waals surface area contributed by atoms with Gasteiger partial charge in [0.05, 0.1) is 10.6 Å². The molecule has 0 saturated heterocycles. The van der Waals surface area contributed by atoms with E-state index in [9.17, 15) is 13.2 Å². The van der Waals surface area contributed by atoms with Gasteiger partial charge in [-0.15, -0.1) is 11.8 Å². The van der Waals surface area contributed by atoms with E-state index in [0.29, 0.717) is 16.3 Å². The Bertz CT molecular complexity index is 639. The number of halogens is 3. The molecule has 0 atom stereocenters. The molecule has 1 aromatic carbocycles. The van der Waals surface area contributed by atoms with Crippen LogP contribution in [-0.2, 0) is 11.9 Å². The Labute approximate surface area is 123 Å². The molecule has 0 aliphatic rings. The molecule has 3 N–H and O–H groups in total. The molecule has 110 valence electrons. The quantitative estimate of drug-likeness (QED) is 0.514. The molecule has 0 aliphatic heterocycles. The number of nitrogen functional groups attached to an aromatic ring is 1. The second-order valence-corrected chi connectivity index (χ2v) is 5.24. The molecule has 0 unspecified atom stereocenters. The maximum atomic E-state index is 12.4. The lowest BCUT2D eigenvalue weighted by Crippen LogP contribution is -2.13. The number of alkyl halides is 3. The van der Waals surface area contributed by atoms with E-state index in [1.54, 1.807) is 12.1 Å². The van der Waals surface area contributed by atoms with Crippen molar-refractivity contribution in [3.05, 3.63) is 59.3 Å². The molecule has 0 amide bonds. The molecule has 0 fully saturated rings. The van der Waals surface area contributed by atoms with Gasteiger partial charge in [-0.1, -0.05) is 24.3 Å². The van der Waals surface area contributed by atoms with Gasteiger partial charge >= 0.3 is 6.18 Å². The molecule has 0 bridgehead atoms. The third-order valence-electron chi connectivity index (χ3n) is 2.75. The molecule has 0 aliphatic carbocycles. The number of benzene rings is 1. The molecule has 2 aromatic rings. The normalized spacial score (nSPS) is 11.4. The minimum absolute atomic E-state index is 0.0356. The molecule has 0 spiro atoms. The fourth-order valence-corrected chi connectivity index (χ4v) is 2.54. The van der Waals surface area contributed by atoms with Crippen molar-refractivity contribution in [3.8, 4) is 0 Å². The van der Waals surface area contributed by atoms with Gasteiger partial charge in [0.15, 0.2) is 0 Å². The van der Waals surface area contributed by atoms with E-state index in [1.807, 2.05) is 12.1 Å². The predicted molar refractivity (Wildman–Crippen MR) is 76.3 cm³/mol. The van der Waals surface area contributed by atoms with Crippen LogP contribution in [0.25, 0.3) is 0 Å². The summed E-state index contributed by atoms with van der Waals surface area (Å²) in [5, 5.41) is 7.97. The van der Waals surface area contributed by atoms with Crippen LogP contribution in [0.3, 0.4) is 0 Å². The minimum atomic E-state index is -4.38. The molecule has 0 radical (unpaired) electrons. The van der Waals surface area contributed by atoms with Crippen LogP contribution in [-0.4, -0.2) is 10.8 Å². The van der Waals surface area contributed by atoms with Gasteiger partial charge in [0.25, 0.3) is 0 Å². The SMILES string of the molecule is N=C(N)c1ccccc1CSc1ccc(C(F)(F)F)cn1. The van der Waals surface area contributed by atoms with E-state index in [-0.39, 0.29) is 5.84 Å². The van der Waals surface area contributed by atoms with Crippen molar-refractivity contribution in [3.63, 3.8) is 0 Å². The Balaban J connectivity index is 2.09. The number of thioether (sulfide) groups is 1. The lowest BCUT2D eigenvalue weighted by atomic mass is 10.1. The number of nitrogens with zero attached hydrogens (tertiary/aromatic N) is 1. The molecule has 1 aromatic heterocycles. The number of nitrogens with two attached hydrogens (primary N) is 1. The summed E-state index contributed by atoms with van der Waals surface area (Å²) >= 11 is 1.29. The zero-order valence-electron chi connectivity index (χ0n) is 10.8. The Morgan fingerprint density at radius 2 is 1.90 bits per heavy atom. The number of hydrogen-bond acceptors (Lipinski definition) is 3. The summed E-state index contributed by atoms with van der Waals surface area (Å²) in [4.78, 5) is 3.79. The average Bonchev–Trinajstić information content (AvgIpc) is 2.45. The molecule has 2 rings (SSSR count). The number of hydrogen-bond donors (Lipinski definition) is 2. The summed E-state index contributed by atoms with van der Waals surface area (Å²) in [6.07, 6.45) is -3.56. The first-order valence-corrected chi connectivity index (χ1v) is 6.95. The highest BCUT2D eigenvalue weighted by atomic mass is 32.2. The third kappa shape index (κ3) is 3.98. The molecule has 0 saturated carbocycles. The van der Waals surface area contributed by atoms with Crippen LogP contribution in [0, 0.1) is 5.41 Å². The number of nitrogens with one attached hydrogen (secondary N) is 1. The molecular formula is C14H12F3N3S. The van der Waals surface area contributed by atoms with Crippen LogP contribution in [0.2, 0.25) is 0 Å². The second-order valence-electron chi connectivity index (χ2n) is 4.24. The summed E-state index contributed by atoms with van der Waals surface area (Å²) in [5.41, 5.74) is 6.18. The highest BCUT2D eigenvalue weighted by Gasteiger charge is 2.30. The molecular weight excluding hydrogens is 299 g/mol. The van der Waals surface area contributed by atoms with Gasteiger partial charge in [0.1, 0.15) is 5.84 Å². The van der Waals surface area contributed by atoms with Crippen molar-refractivity contribution in [2.75, 3.05) is 0 Å². The van der Waals surface area contributed by atoms with Crippen LogP contribution in [0.1, 0.15) is 16.7 Å². The molecule has 21 heavy (non-hydrogen) atoms. The topological polar surface area (TPSA) is 62.8 Å². The van der Waals surface area contributed by atoms with Crippen molar-refractivity contribution in [1.29, 1.82) is 5.41 Å². The second kappa shape index (κ2) is 6.17. The summed E-state index contributed by atoms with van der Waals surface area (Å²) in [7, 11) is 0. The predicted octanol–water partition coefficient (Wildman–Crippen LogP) is 3.68. The fraction of sp³-hybridized carbons (Fsp3) is 0.143. The lowest BCUT2D eigenvalue weighted by molar-refractivity contribution is -0.137. The van der Waals surface area contributed by atoms with Crippen LogP contribution >= 0.6 is 11.8 Å². The first-order valence-electron chi connectivity index (χ1n) is 5.96. The number of pyridine rings is 1. The van der Waals surface area contributed by atoms with Gasteiger partial charge in [-0.05, 0) is 17.7 Å². The third-order valence-corrected chi connectivity index (χ3v) is 3.74. The van der Waals surface area contributed by atoms with Crippen molar-refractivity contribution in [2.24, 2.45) is 5.73 Å². The Morgan fingerprint density at radius 3 is 2.48 bits per heavy atom. The van der Waals surface area contributed by atoms with Gasteiger partial charge < -0.3 is 5.73 Å². The Hall–Kier alpha value is -2.02.